The fourth-order valence-corrected chi connectivity index (χ4v) is 1.52. The molecule has 0 spiro atoms. The van der Waals surface area contributed by atoms with Crippen LogP contribution in [0.5, 0.6) is 0 Å². The highest BCUT2D eigenvalue weighted by atomic mass is 19.4. The molecule has 1 aromatic carbocycles. The molecule has 2 N–H and O–H groups in total. The van der Waals surface area contributed by atoms with E-state index >= 15 is 0 Å². The smallest absolute Gasteiger partial charge is 0.366 e. The van der Waals surface area contributed by atoms with Crippen LogP contribution in [0.2, 0.25) is 0 Å². The lowest BCUT2D eigenvalue weighted by atomic mass is 10.0. The van der Waals surface area contributed by atoms with Gasteiger partial charge in [-0.25, -0.2) is 4.98 Å². The zero-order valence-corrected chi connectivity index (χ0v) is 9.31. The lowest BCUT2D eigenvalue weighted by Crippen LogP contribution is -2.09. The SMILES string of the molecule is N#Cc1ccc(-c2cnnc(N)n2)c(C(F)(F)F)c1. The summed E-state index contributed by atoms with van der Waals surface area (Å²) in [6.45, 7) is 0. The summed E-state index contributed by atoms with van der Waals surface area (Å²) in [5.74, 6) is -0.227. The second-order valence-corrected chi connectivity index (χ2v) is 3.57. The number of nitrogens with two attached hydrogens (primary N) is 1. The van der Waals surface area contributed by atoms with E-state index in [0.29, 0.717) is 0 Å². The molecule has 8 heteroatoms. The second-order valence-electron chi connectivity index (χ2n) is 3.57. The summed E-state index contributed by atoms with van der Waals surface area (Å²) >= 11 is 0. The van der Waals surface area contributed by atoms with Gasteiger partial charge < -0.3 is 5.73 Å². The van der Waals surface area contributed by atoms with E-state index in [4.69, 9.17) is 11.0 Å². The highest BCUT2D eigenvalue weighted by Crippen LogP contribution is 2.36. The van der Waals surface area contributed by atoms with Gasteiger partial charge >= 0.3 is 6.18 Å². The Morgan fingerprint density at radius 3 is 2.58 bits per heavy atom. The van der Waals surface area contributed by atoms with E-state index in [1.807, 2.05) is 0 Å². The maximum Gasteiger partial charge on any atom is 0.417 e. The summed E-state index contributed by atoms with van der Waals surface area (Å²) < 4.78 is 38.8. The van der Waals surface area contributed by atoms with E-state index in [1.54, 1.807) is 6.07 Å². The van der Waals surface area contributed by atoms with Crippen molar-refractivity contribution in [1.82, 2.24) is 15.2 Å². The van der Waals surface area contributed by atoms with Crippen molar-refractivity contribution in [2.75, 3.05) is 5.73 Å². The molecule has 0 aliphatic carbocycles. The van der Waals surface area contributed by atoms with Crippen molar-refractivity contribution in [3.05, 3.63) is 35.5 Å². The van der Waals surface area contributed by atoms with Crippen molar-refractivity contribution in [3.8, 4) is 17.3 Å². The monoisotopic (exact) mass is 265 g/mol. The maximum absolute atomic E-state index is 12.9. The summed E-state index contributed by atoms with van der Waals surface area (Å²) in [6, 6.07) is 4.84. The molecular weight excluding hydrogens is 259 g/mol. The number of nitrogens with zero attached hydrogens (tertiary/aromatic N) is 4. The van der Waals surface area contributed by atoms with Gasteiger partial charge in [-0.1, -0.05) is 6.07 Å². The van der Waals surface area contributed by atoms with Crippen molar-refractivity contribution in [3.63, 3.8) is 0 Å². The Labute approximate surface area is 105 Å². The molecule has 0 atom stereocenters. The lowest BCUT2D eigenvalue weighted by Gasteiger charge is -2.12. The standard InChI is InChI=1S/C11H6F3N5/c12-11(13,14)8-3-6(4-15)1-2-7(8)9-5-17-19-10(16)18-9/h1-3,5H,(H2,16,18,19). The number of halogens is 3. The number of rotatable bonds is 1. The van der Waals surface area contributed by atoms with Crippen molar-refractivity contribution in [2.45, 2.75) is 6.18 Å². The van der Waals surface area contributed by atoms with Crippen LogP contribution >= 0.6 is 0 Å². The number of alkyl halides is 3. The Morgan fingerprint density at radius 1 is 1.26 bits per heavy atom. The Bertz CT molecular complexity index is 660. The van der Waals surface area contributed by atoms with Crippen molar-refractivity contribution in [1.29, 1.82) is 5.26 Å². The number of aromatic nitrogens is 3. The zero-order valence-electron chi connectivity index (χ0n) is 9.31. The van der Waals surface area contributed by atoms with Gasteiger partial charge in [0.05, 0.1) is 29.1 Å². The van der Waals surface area contributed by atoms with Crippen LogP contribution in [0.4, 0.5) is 19.1 Å². The van der Waals surface area contributed by atoms with Crippen LogP contribution in [-0.4, -0.2) is 15.2 Å². The van der Waals surface area contributed by atoms with Crippen LogP contribution in [0.15, 0.2) is 24.4 Å². The number of nitrogen functional groups attached to an aromatic ring is 1. The van der Waals surface area contributed by atoms with Gasteiger partial charge in [0.1, 0.15) is 0 Å². The van der Waals surface area contributed by atoms with Crippen LogP contribution in [0.25, 0.3) is 11.3 Å². The molecule has 0 saturated heterocycles. The molecule has 2 aromatic rings. The number of anilines is 1. The van der Waals surface area contributed by atoms with Crippen LogP contribution < -0.4 is 5.73 Å². The van der Waals surface area contributed by atoms with Gasteiger partial charge in [0.2, 0.25) is 5.95 Å². The van der Waals surface area contributed by atoms with Crippen LogP contribution in [0.3, 0.4) is 0 Å². The minimum atomic E-state index is -4.61. The molecule has 1 heterocycles. The third-order valence-electron chi connectivity index (χ3n) is 2.31. The van der Waals surface area contributed by atoms with E-state index in [0.717, 1.165) is 18.3 Å². The average molecular weight is 265 g/mol. The fourth-order valence-electron chi connectivity index (χ4n) is 1.52. The predicted molar refractivity (Wildman–Crippen MR) is 59.4 cm³/mol. The van der Waals surface area contributed by atoms with Crippen LogP contribution in [-0.2, 0) is 6.18 Å². The molecule has 0 saturated carbocycles. The molecule has 0 unspecified atom stereocenters. The third kappa shape index (κ3) is 2.60. The van der Waals surface area contributed by atoms with Crippen molar-refractivity contribution >= 4 is 5.95 Å². The summed E-state index contributed by atoms with van der Waals surface area (Å²) in [5, 5.41) is 15.5. The van der Waals surface area contributed by atoms with Crippen molar-refractivity contribution in [2.24, 2.45) is 0 Å². The fraction of sp³-hybridized carbons (Fsp3) is 0.0909. The van der Waals surface area contributed by atoms with E-state index in [9.17, 15) is 13.2 Å². The Morgan fingerprint density at radius 2 is 2.00 bits per heavy atom. The molecular formula is C11H6F3N5. The van der Waals surface area contributed by atoms with Gasteiger partial charge in [0, 0.05) is 5.56 Å². The summed E-state index contributed by atoms with van der Waals surface area (Å²) in [4.78, 5) is 3.69. The molecule has 0 bridgehead atoms. The van der Waals surface area contributed by atoms with E-state index in [-0.39, 0.29) is 22.8 Å². The average Bonchev–Trinajstić information content (AvgIpc) is 2.37. The van der Waals surface area contributed by atoms with Crippen LogP contribution in [0.1, 0.15) is 11.1 Å². The minimum Gasteiger partial charge on any atom is -0.366 e. The lowest BCUT2D eigenvalue weighted by molar-refractivity contribution is -0.137. The first-order chi connectivity index (χ1) is 8.91. The van der Waals surface area contributed by atoms with Gasteiger partial charge in [-0.05, 0) is 12.1 Å². The maximum atomic E-state index is 12.9. The van der Waals surface area contributed by atoms with Gasteiger partial charge in [0.15, 0.2) is 0 Å². The summed E-state index contributed by atoms with van der Waals surface area (Å²) in [6.07, 6.45) is -3.53. The largest absolute Gasteiger partial charge is 0.417 e. The Kier molecular flexibility index (Phi) is 3.04. The van der Waals surface area contributed by atoms with E-state index < -0.39 is 11.7 Å². The Balaban J connectivity index is 2.67. The van der Waals surface area contributed by atoms with E-state index in [1.165, 1.54) is 6.07 Å². The van der Waals surface area contributed by atoms with E-state index in [2.05, 4.69) is 15.2 Å². The minimum absolute atomic E-state index is 0.0516. The molecule has 0 aliphatic heterocycles. The number of benzene rings is 1. The normalized spacial score (nSPS) is 11.1. The first kappa shape index (κ1) is 12.8. The summed E-state index contributed by atoms with van der Waals surface area (Å²) in [5.41, 5.74) is 3.98. The molecule has 0 fully saturated rings. The molecule has 1 aromatic heterocycles. The van der Waals surface area contributed by atoms with Gasteiger partial charge in [-0.3, -0.25) is 0 Å². The second kappa shape index (κ2) is 4.53. The predicted octanol–water partition coefficient (Wildman–Crippen LogP) is 2.01. The number of hydrogen-bond donors (Lipinski definition) is 1. The Hall–Kier alpha value is -2.69. The van der Waals surface area contributed by atoms with Gasteiger partial charge in [-0.15, -0.1) is 5.10 Å². The first-order valence-corrected chi connectivity index (χ1v) is 4.98. The van der Waals surface area contributed by atoms with Gasteiger partial charge in [-0.2, -0.15) is 23.5 Å². The molecule has 0 aliphatic rings. The quantitative estimate of drug-likeness (QED) is 0.851. The van der Waals surface area contributed by atoms with Crippen LogP contribution in [0, 0.1) is 11.3 Å². The molecule has 19 heavy (non-hydrogen) atoms. The molecule has 96 valence electrons. The molecule has 5 nitrogen and oxygen atoms in total. The topological polar surface area (TPSA) is 88.5 Å². The van der Waals surface area contributed by atoms with Crippen molar-refractivity contribution < 1.29 is 13.2 Å². The number of nitriles is 1. The highest BCUT2D eigenvalue weighted by Gasteiger charge is 2.34. The number of hydrogen-bond acceptors (Lipinski definition) is 5. The van der Waals surface area contributed by atoms with Gasteiger partial charge in [0.25, 0.3) is 0 Å². The molecule has 2 rings (SSSR count). The highest BCUT2D eigenvalue weighted by molar-refractivity contribution is 5.65. The first-order valence-electron chi connectivity index (χ1n) is 4.98. The third-order valence-corrected chi connectivity index (χ3v) is 2.31. The molecule has 0 radical (unpaired) electrons. The molecule has 0 amide bonds. The summed E-state index contributed by atoms with van der Waals surface area (Å²) in [7, 11) is 0. The zero-order chi connectivity index (χ0) is 14.0.